The summed E-state index contributed by atoms with van der Waals surface area (Å²) in [4.78, 5) is 4.17. The van der Waals surface area contributed by atoms with Gasteiger partial charge in [-0.05, 0) is 36.2 Å². The highest BCUT2D eigenvalue weighted by atomic mass is 32.2. The summed E-state index contributed by atoms with van der Waals surface area (Å²) in [7, 11) is -3.94. The molecule has 0 fully saturated rings. The van der Waals surface area contributed by atoms with Crippen molar-refractivity contribution in [3.05, 3.63) is 71.4 Å². The molecule has 136 valence electrons. The standard InChI is InChI=1S/C18H15F3N2O2S/c1-12-8-14-5-3-7-16(17(14)22-10-12)26(24,25)23-11-13-4-2-6-15(9-13)18(19,20)21/h2-10,23H,11H2,1H3. The van der Waals surface area contributed by atoms with Crippen molar-refractivity contribution >= 4 is 20.9 Å². The first-order chi connectivity index (χ1) is 12.2. The van der Waals surface area contributed by atoms with Gasteiger partial charge in [0.1, 0.15) is 4.90 Å². The van der Waals surface area contributed by atoms with Crippen LogP contribution in [0.4, 0.5) is 13.2 Å². The van der Waals surface area contributed by atoms with Crippen LogP contribution in [0.3, 0.4) is 0 Å². The van der Waals surface area contributed by atoms with Crippen LogP contribution >= 0.6 is 0 Å². The monoisotopic (exact) mass is 380 g/mol. The first kappa shape index (κ1) is 18.3. The molecular formula is C18H15F3N2O2S. The van der Waals surface area contributed by atoms with E-state index in [9.17, 15) is 21.6 Å². The molecule has 0 atom stereocenters. The molecule has 0 saturated heterocycles. The zero-order chi connectivity index (χ0) is 18.9. The van der Waals surface area contributed by atoms with Crippen LogP contribution in [0.5, 0.6) is 0 Å². The third-order valence-corrected chi connectivity index (χ3v) is 5.25. The number of sulfonamides is 1. The summed E-state index contributed by atoms with van der Waals surface area (Å²) in [5, 5.41) is 0.673. The first-order valence-electron chi connectivity index (χ1n) is 7.68. The minimum absolute atomic E-state index is 0.0121. The quantitative estimate of drug-likeness (QED) is 0.743. The van der Waals surface area contributed by atoms with E-state index in [-0.39, 0.29) is 17.0 Å². The van der Waals surface area contributed by atoms with Crippen LogP contribution in [0.1, 0.15) is 16.7 Å². The van der Waals surface area contributed by atoms with E-state index in [1.807, 2.05) is 13.0 Å². The average Bonchev–Trinajstić information content (AvgIpc) is 2.59. The number of para-hydroxylation sites is 1. The van der Waals surface area contributed by atoms with Crippen molar-refractivity contribution in [3.63, 3.8) is 0 Å². The van der Waals surface area contributed by atoms with Crippen molar-refractivity contribution in [3.8, 4) is 0 Å². The normalized spacial score (nSPS) is 12.5. The summed E-state index contributed by atoms with van der Waals surface area (Å²) in [5.74, 6) is 0. The fourth-order valence-electron chi connectivity index (χ4n) is 2.57. The molecular weight excluding hydrogens is 365 g/mol. The molecule has 0 unspecified atom stereocenters. The fourth-order valence-corrected chi connectivity index (χ4v) is 3.77. The number of hydrogen-bond acceptors (Lipinski definition) is 3. The molecule has 0 aliphatic rings. The van der Waals surface area contributed by atoms with Crippen molar-refractivity contribution < 1.29 is 21.6 Å². The third-order valence-electron chi connectivity index (χ3n) is 3.82. The van der Waals surface area contributed by atoms with E-state index in [0.717, 1.165) is 17.7 Å². The zero-order valence-corrected chi connectivity index (χ0v) is 14.5. The highest BCUT2D eigenvalue weighted by molar-refractivity contribution is 7.89. The molecule has 3 rings (SSSR count). The highest BCUT2D eigenvalue weighted by Gasteiger charge is 2.30. The van der Waals surface area contributed by atoms with Gasteiger partial charge in [0, 0.05) is 18.1 Å². The lowest BCUT2D eigenvalue weighted by Gasteiger charge is -2.11. The molecule has 8 heteroatoms. The molecule has 0 aliphatic carbocycles. The third kappa shape index (κ3) is 3.86. The Morgan fingerprint density at radius 2 is 1.81 bits per heavy atom. The summed E-state index contributed by atoms with van der Waals surface area (Å²) in [6.07, 6.45) is -2.92. The Morgan fingerprint density at radius 3 is 2.54 bits per heavy atom. The number of alkyl halides is 3. The maximum Gasteiger partial charge on any atom is 0.416 e. The van der Waals surface area contributed by atoms with E-state index in [4.69, 9.17) is 0 Å². The molecule has 0 spiro atoms. The zero-order valence-electron chi connectivity index (χ0n) is 13.7. The number of benzene rings is 2. The largest absolute Gasteiger partial charge is 0.416 e. The molecule has 1 heterocycles. The van der Waals surface area contributed by atoms with Crippen molar-refractivity contribution in [2.45, 2.75) is 24.5 Å². The number of hydrogen-bond donors (Lipinski definition) is 1. The van der Waals surface area contributed by atoms with Crippen LogP contribution in [0.2, 0.25) is 0 Å². The van der Waals surface area contributed by atoms with Gasteiger partial charge in [-0.1, -0.05) is 30.3 Å². The van der Waals surface area contributed by atoms with Crippen LogP contribution in [-0.2, 0) is 22.7 Å². The Morgan fingerprint density at radius 1 is 1.08 bits per heavy atom. The number of aromatic nitrogens is 1. The van der Waals surface area contributed by atoms with Crippen molar-refractivity contribution in [2.75, 3.05) is 0 Å². The molecule has 0 amide bonds. The van der Waals surface area contributed by atoms with Gasteiger partial charge in [0.15, 0.2) is 0 Å². The Kier molecular flexibility index (Phi) is 4.72. The van der Waals surface area contributed by atoms with Gasteiger partial charge in [-0.3, -0.25) is 4.98 Å². The van der Waals surface area contributed by atoms with Gasteiger partial charge < -0.3 is 0 Å². The molecule has 0 saturated carbocycles. The number of halogens is 3. The van der Waals surface area contributed by atoms with Gasteiger partial charge in [-0.15, -0.1) is 0 Å². The molecule has 0 aliphatic heterocycles. The molecule has 1 aromatic heterocycles. The maximum absolute atomic E-state index is 12.8. The molecule has 4 nitrogen and oxygen atoms in total. The smallest absolute Gasteiger partial charge is 0.255 e. The van der Waals surface area contributed by atoms with E-state index in [1.165, 1.54) is 18.2 Å². The highest BCUT2D eigenvalue weighted by Crippen LogP contribution is 2.29. The molecule has 0 radical (unpaired) electrons. The van der Waals surface area contributed by atoms with Gasteiger partial charge in [-0.25, -0.2) is 13.1 Å². The van der Waals surface area contributed by atoms with E-state index >= 15 is 0 Å². The Bertz CT molecular complexity index is 1060. The second-order valence-electron chi connectivity index (χ2n) is 5.86. The van der Waals surface area contributed by atoms with E-state index in [1.54, 1.807) is 18.3 Å². The van der Waals surface area contributed by atoms with Gasteiger partial charge in [0.05, 0.1) is 11.1 Å². The number of aryl methyl sites for hydroxylation is 1. The number of nitrogens with zero attached hydrogens (tertiary/aromatic N) is 1. The predicted octanol–water partition coefficient (Wildman–Crippen LogP) is 4.04. The fraction of sp³-hybridized carbons (Fsp3) is 0.167. The van der Waals surface area contributed by atoms with Gasteiger partial charge in [-0.2, -0.15) is 13.2 Å². The number of pyridine rings is 1. The lowest BCUT2D eigenvalue weighted by Crippen LogP contribution is -2.24. The summed E-state index contributed by atoms with van der Waals surface area (Å²) in [5.41, 5.74) is 0.600. The summed E-state index contributed by atoms with van der Waals surface area (Å²) in [6, 6.07) is 11.1. The summed E-state index contributed by atoms with van der Waals surface area (Å²) >= 11 is 0. The van der Waals surface area contributed by atoms with Crippen LogP contribution in [0.25, 0.3) is 10.9 Å². The number of nitrogens with one attached hydrogen (secondary N) is 1. The topological polar surface area (TPSA) is 59.1 Å². The van der Waals surface area contributed by atoms with Crippen LogP contribution < -0.4 is 4.72 Å². The van der Waals surface area contributed by atoms with Crippen LogP contribution in [0.15, 0.2) is 59.6 Å². The summed E-state index contributed by atoms with van der Waals surface area (Å²) in [6.45, 7) is 1.59. The Labute approximate surface area is 148 Å². The number of fused-ring (bicyclic) bond motifs is 1. The SMILES string of the molecule is Cc1cnc2c(S(=O)(=O)NCc3cccc(C(F)(F)F)c3)cccc2c1. The van der Waals surface area contributed by atoms with Crippen molar-refractivity contribution in [1.29, 1.82) is 0 Å². The Hall–Kier alpha value is -2.45. The van der Waals surface area contributed by atoms with E-state index < -0.39 is 21.8 Å². The van der Waals surface area contributed by atoms with Gasteiger partial charge >= 0.3 is 6.18 Å². The predicted molar refractivity (Wildman–Crippen MR) is 91.9 cm³/mol. The van der Waals surface area contributed by atoms with E-state index in [2.05, 4.69) is 9.71 Å². The van der Waals surface area contributed by atoms with Crippen LogP contribution in [0, 0.1) is 6.92 Å². The average molecular weight is 380 g/mol. The lowest BCUT2D eigenvalue weighted by molar-refractivity contribution is -0.137. The molecule has 26 heavy (non-hydrogen) atoms. The van der Waals surface area contributed by atoms with Gasteiger partial charge in [0.2, 0.25) is 10.0 Å². The second kappa shape index (κ2) is 6.69. The first-order valence-corrected chi connectivity index (χ1v) is 9.16. The van der Waals surface area contributed by atoms with Crippen LogP contribution in [-0.4, -0.2) is 13.4 Å². The molecule has 0 bridgehead atoms. The minimum atomic E-state index is -4.48. The number of rotatable bonds is 4. The second-order valence-corrected chi connectivity index (χ2v) is 7.60. The lowest BCUT2D eigenvalue weighted by atomic mass is 10.1. The molecule has 2 aromatic carbocycles. The van der Waals surface area contributed by atoms with Crippen molar-refractivity contribution in [2.24, 2.45) is 0 Å². The maximum atomic E-state index is 12.8. The van der Waals surface area contributed by atoms with E-state index in [0.29, 0.717) is 10.9 Å². The minimum Gasteiger partial charge on any atom is -0.255 e. The Balaban J connectivity index is 1.89. The molecule has 3 aromatic rings. The molecule has 1 N–H and O–H groups in total. The van der Waals surface area contributed by atoms with Gasteiger partial charge in [0.25, 0.3) is 0 Å². The summed E-state index contributed by atoms with van der Waals surface area (Å²) < 4.78 is 65.9. The van der Waals surface area contributed by atoms with Crippen molar-refractivity contribution in [1.82, 2.24) is 9.71 Å².